The quantitative estimate of drug-likeness (QED) is 0.778. The molecule has 0 radical (unpaired) electrons. The van der Waals surface area contributed by atoms with E-state index in [-0.39, 0.29) is 17.4 Å². The van der Waals surface area contributed by atoms with Gasteiger partial charge < -0.3 is 10.1 Å². The molecule has 1 aromatic carbocycles. The number of rotatable bonds is 3. The van der Waals surface area contributed by atoms with Crippen LogP contribution in [0.25, 0.3) is 0 Å². The number of anilines is 2. The van der Waals surface area contributed by atoms with Gasteiger partial charge in [-0.25, -0.2) is 9.18 Å². The van der Waals surface area contributed by atoms with Crippen LogP contribution >= 0.6 is 0 Å². The lowest BCUT2D eigenvalue weighted by Crippen LogP contribution is -2.40. The molecule has 2 atom stereocenters. The maximum Gasteiger partial charge on any atom is 0.414 e. The summed E-state index contributed by atoms with van der Waals surface area (Å²) in [5, 5.41) is 3.54. The number of benzene rings is 1. The number of nitrogens with zero attached hydrogens (tertiary/aromatic N) is 2. The first-order valence-corrected chi connectivity index (χ1v) is 10.3. The molecule has 0 saturated heterocycles. The normalized spacial score (nSPS) is 23.7. The van der Waals surface area contributed by atoms with Crippen molar-refractivity contribution < 1.29 is 13.9 Å². The second-order valence-corrected chi connectivity index (χ2v) is 9.51. The number of carbonyl (C=O) groups is 1. The van der Waals surface area contributed by atoms with Gasteiger partial charge in [0.05, 0.1) is 22.6 Å². The van der Waals surface area contributed by atoms with E-state index >= 15 is 0 Å². The molecule has 2 heterocycles. The molecule has 2 saturated carbocycles. The second kappa shape index (κ2) is 6.18. The summed E-state index contributed by atoms with van der Waals surface area (Å²) in [7, 11) is 0. The zero-order chi connectivity index (χ0) is 20.4. The van der Waals surface area contributed by atoms with E-state index in [2.05, 4.69) is 5.32 Å². The highest BCUT2D eigenvalue weighted by Gasteiger charge is 2.51. The number of halogens is 1. The molecule has 2 aromatic rings. The topological polar surface area (TPSA) is 54.5 Å². The van der Waals surface area contributed by atoms with Gasteiger partial charge in [0.15, 0.2) is 0 Å². The number of ether oxygens (including phenoxy) is 1. The molecular formula is C23H26FN3O2. The van der Waals surface area contributed by atoms with Gasteiger partial charge in [0.1, 0.15) is 11.4 Å². The van der Waals surface area contributed by atoms with Crippen molar-refractivity contribution in [1.82, 2.24) is 4.98 Å². The van der Waals surface area contributed by atoms with Crippen LogP contribution in [0.15, 0.2) is 36.4 Å². The lowest BCUT2D eigenvalue weighted by atomic mass is 10.0. The molecular weight excluding hydrogens is 369 g/mol. The first-order chi connectivity index (χ1) is 13.7. The average Bonchev–Trinajstić information content (AvgIpc) is 3.56. The number of fused-ring (bicyclic) bond motifs is 3. The summed E-state index contributed by atoms with van der Waals surface area (Å²) < 4.78 is 18.8. The lowest BCUT2D eigenvalue weighted by molar-refractivity contribution is 0.0576. The van der Waals surface area contributed by atoms with Gasteiger partial charge in [0.25, 0.3) is 0 Å². The fourth-order valence-corrected chi connectivity index (χ4v) is 4.22. The Kier molecular flexibility index (Phi) is 3.92. The summed E-state index contributed by atoms with van der Waals surface area (Å²) in [6.45, 7) is 6.35. The van der Waals surface area contributed by atoms with Crippen molar-refractivity contribution in [2.75, 3.05) is 16.8 Å². The molecule has 0 bridgehead atoms. The zero-order valence-corrected chi connectivity index (χ0v) is 17.0. The van der Waals surface area contributed by atoms with Gasteiger partial charge in [-0.1, -0.05) is 0 Å². The minimum atomic E-state index is -0.526. The van der Waals surface area contributed by atoms with Crippen molar-refractivity contribution in [2.24, 2.45) is 5.92 Å². The van der Waals surface area contributed by atoms with E-state index in [4.69, 9.17) is 9.72 Å². The maximum absolute atomic E-state index is 13.2. The standard InChI is InChI=1S/C23H26FN3O2/c1-22(2,3)29-21(28)27-13-14-12-17(14)20-18(27)8-9-19(25-20)23(10-11-23)26-16-6-4-15(24)5-7-16/h4-9,14,17,26H,10-13H2,1-3H3. The Morgan fingerprint density at radius 3 is 2.59 bits per heavy atom. The van der Waals surface area contributed by atoms with Crippen LogP contribution in [0.4, 0.5) is 20.6 Å². The highest BCUT2D eigenvalue weighted by atomic mass is 19.1. The van der Waals surface area contributed by atoms with Crippen molar-refractivity contribution in [1.29, 1.82) is 0 Å². The molecule has 1 aromatic heterocycles. The van der Waals surface area contributed by atoms with Crippen LogP contribution in [0, 0.1) is 11.7 Å². The molecule has 1 amide bonds. The van der Waals surface area contributed by atoms with E-state index in [0.717, 1.165) is 42.0 Å². The Bertz CT molecular complexity index is 963. The van der Waals surface area contributed by atoms with Crippen molar-refractivity contribution in [3.63, 3.8) is 0 Å². The molecule has 2 aliphatic carbocycles. The summed E-state index contributed by atoms with van der Waals surface area (Å²) in [5.74, 6) is 0.664. The Morgan fingerprint density at radius 2 is 1.93 bits per heavy atom. The van der Waals surface area contributed by atoms with Crippen LogP contribution in [-0.2, 0) is 10.3 Å². The smallest absolute Gasteiger partial charge is 0.414 e. The Labute approximate surface area is 170 Å². The highest BCUT2D eigenvalue weighted by Crippen LogP contribution is 2.55. The molecule has 29 heavy (non-hydrogen) atoms. The Morgan fingerprint density at radius 1 is 1.21 bits per heavy atom. The molecule has 1 N–H and O–H groups in total. The fraction of sp³-hybridized carbons (Fsp3) is 0.478. The predicted molar refractivity (Wildman–Crippen MR) is 110 cm³/mol. The number of aromatic nitrogens is 1. The second-order valence-electron chi connectivity index (χ2n) is 9.51. The van der Waals surface area contributed by atoms with E-state index in [9.17, 15) is 9.18 Å². The summed E-state index contributed by atoms with van der Waals surface area (Å²) in [6, 6.07) is 10.5. The van der Waals surface area contributed by atoms with Crippen LogP contribution in [-0.4, -0.2) is 23.2 Å². The zero-order valence-electron chi connectivity index (χ0n) is 17.0. The first-order valence-electron chi connectivity index (χ1n) is 10.3. The van der Waals surface area contributed by atoms with Crippen LogP contribution in [0.5, 0.6) is 0 Å². The third-order valence-electron chi connectivity index (χ3n) is 5.97. The highest BCUT2D eigenvalue weighted by molar-refractivity contribution is 5.90. The number of pyridine rings is 1. The summed E-state index contributed by atoms with van der Waals surface area (Å²) in [4.78, 5) is 19.5. The van der Waals surface area contributed by atoms with E-state index in [1.165, 1.54) is 12.1 Å². The molecule has 2 fully saturated rings. The molecule has 5 rings (SSSR count). The van der Waals surface area contributed by atoms with Gasteiger partial charge in [-0.2, -0.15) is 0 Å². The third-order valence-corrected chi connectivity index (χ3v) is 5.97. The van der Waals surface area contributed by atoms with Crippen LogP contribution in [0.1, 0.15) is 57.3 Å². The molecule has 6 heteroatoms. The van der Waals surface area contributed by atoms with Gasteiger partial charge in [-0.3, -0.25) is 9.88 Å². The Balaban J connectivity index is 1.43. The van der Waals surface area contributed by atoms with Gasteiger partial charge in [0, 0.05) is 18.2 Å². The molecule has 3 aliphatic rings. The maximum atomic E-state index is 13.2. The monoisotopic (exact) mass is 395 g/mol. The largest absolute Gasteiger partial charge is 0.443 e. The molecule has 2 unspecified atom stereocenters. The van der Waals surface area contributed by atoms with E-state index in [1.54, 1.807) is 17.0 Å². The van der Waals surface area contributed by atoms with Crippen molar-refractivity contribution in [3.05, 3.63) is 53.6 Å². The van der Waals surface area contributed by atoms with Gasteiger partial charge >= 0.3 is 6.09 Å². The number of nitrogens with one attached hydrogen (secondary N) is 1. The van der Waals surface area contributed by atoms with Gasteiger partial charge in [-0.05, 0) is 82.3 Å². The minimum absolute atomic E-state index is 0.203. The van der Waals surface area contributed by atoms with Crippen molar-refractivity contribution >= 4 is 17.5 Å². The molecule has 1 aliphatic heterocycles. The molecule has 0 spiro atoms. The SMILES string of the molecule is CC(C)(C)OC(=O)N1CC2CC2c2nc(C3(Nc4ccc(F)cc4)CC3)ccc21. The van der Waals surface area contributed by atoms with Crippen molar-refractivity contribution in [3.8, 4) is 0 Å². The number of carbonyl (C=O) groups excluding carboxylic acids is 1. The first kappa shape index (κ1) is 18.4. The van der Waals surface area contributed by atoms with Gasteiger partial charge in [-0.15, -0.1) is 0 Å². The van der Waals surface area contributed by atoms with Crippen LogP contribution in [0.2, 0.25) is 0 Å². The fourth-order valence-electron chi connectivity index (χ4n) is 4.22. The average molecular weight is 395 g/mol. The van der Waals surface area contributed by atoms with E-state index in [1.807, 2.05) is 32.9 Å². The number of amides is 1. The predicted octanol–water partition coefficient (Wildman–Crippen LogP) is 5.18. The van der Waals surface area contributed by atoms with Gasteiger partial charge in [0.2, 0.25) is 0 Å². The summed E-state index contributed by atoms with van der Waals surface area (Å²) in [6.07, 6.45) is 2.74. The van der Waals surface area contributed by atoms with E-state index < -0.39 is 5.60 Å². The number of hydrogen-bond donors (Lipinski definition) is 1. The third kappa shape index (κ3) is 3.45. The van der Waals surface area contributed by atoms with Crippen molar-refractivity contribution in [2.45, 2.75) is 57.1 Å². The lowest BCUT2D eigenvalue weighted by Gasteiger charge is -2.31. The number of hydrogen-bond acceptors (Lipinski definition) is 4. The van der Waals surface area contributed by atoms with Crippen LogP contribution < -0.4 is 10.2 Å². The Hall–Kier alpha value is -2.63. The molecule has 152 valence electrons. The minimum Gasteiger partial charge on any atom is -0.443 e. The summed E-state index contributed by atoms with van der Waals surface area (Å²) >= 11 is 0. The van der Waals surface area contributed by atoms with Crippen LogP contribution in [0.3, 0.4) is 0 Å². The van der Waals surface area contributed by atoms with E-state index in [0.29, 0.717) is 18.4 Å². The summed E-state index contributed by atoms with van der Waals surface area (Å²) in [5.41, 5.74) is 3.05. The molecule has 5 nitrogen and oxygen atoms in total.